The summed E-state index contributed by atoms with van der Waals surface area (Å²) in [6.07, 6.45) is 5.13. The molecule has 4 rings (SSSR count). The summed E-state index contributed by atoms with van der Waals surface area (Å²) >= 11 is 6.28. The van der Waals surface area contributed by atoms with Crippen molar-refractivity contribution in [2.24, 2.45) is 5.92 Å². The van der Waals surface area contributed by atoms with Crippen LogP contribution in [0.1, 0.15) is 68.2 Å². The van der Waals surface area contributed by atoms with Crippen molar-refractivity contribution in [1.29, 1.82) is 0 Å². The molecule has 0 spiro atoms. The zero-order valence-electron chi connectivity index (χ0n) is 18.5. The van der Waals surface area contributed by atoms with Gasteiger partial charge in [-0.25, -0.2) is 13.8 Å². The first-order valence-corrected chi connectivity index (χ1v) is 11.6. The van der Waals surface area contributed by atoms with Crippen molar-refractivity contribution >= 4 is 28.5 Å². The molecule has 1 aromatic heterocycles. The molecule has 1 fully saturated rings. The Balaban J connectivity index is 1.74. The van der Waals surface area contributed by atoms with E-state index >= 15 is 0 Å². The van der Waals surface area contributed by atoms with E-state index in [1.54, 1.807) is 4.90 Å². The molecule has 0 bridgehead atoms. The van der Waals surface area contributed by atoms with Gasteiger partial charge in [0, 0.05) is 17.6 Å². The number of hydrogen-bond acceptors (Lipinski definition) is 2. The molecule has 3 aromatic rings. The number of nitrogens with zero attached hydrogens (tertiary/aromatic N) is 3. The Bertz CT molecular complexity index is 1120. The largest absolute Gasteiger partial charge is 0.331 e. The second-order valence-electron chi connectivity index (χ2n) is 9.00. The van der Waals surface area contributed by atoms with Crippen LogP contribution >= 0.6 is 11.6 Å². The Morgan fingerprint density at radius 3 is 2.66 bits per heavy atom. The lowest BCUT2D eigenvalue weighted by Gasteiger charge is -2.25. The summed E-state index contributed by atoms with van der Waals surface area (Å²) in [5.41, 5.74) is 1.53. The second-order valence-corrected chi connectivity index (χ2v) is 9.44. The van der Waals surface area contributed by atoms with Gasteiger partial charge < -0.3 is 9.47 Å². The third-order valence-electron chi connectivity index (χ3n) is 6.17. The second kappa shape index (κ2) is 9.57. The molecule has 1 saturated carbocycles. The van der Waals surface area contributed by atoms with Crippen molar-refractivity contribution in [1.82, 2.24) is 14.5 Å². The lowest BCUT2D eigenvalue weighted by molar-refractivity contribution is 0.0723. The lowest BCUT2D eigenvalue weighted by Crippen LogP contribution is -2.34. The van der Waals surface area contributed by atoms with Crippen LogP contribution in [0.2, 0.25) is 5.02 Å². The Kier molecular flexibility index (Phi) is 6.79. The molecule has 32 heavy (non-hydrogen) atoms. The van der Waals surface area contributed by atoms with Gasteiger partial charge in [0.05, 0.1) is 23.1 Å². The fraction of sp³-hybridized carbons (Fsp3) is 0.440. The van der Waals surface area contributed by atoms with E-state index in [0.717, 1.165) is 67.2 Å². The molecule has 170 valence electrons. The molecule has 7 heteroatoms. The van der Waals surface area contributed by atoms with Gasteiger partial charge in [-0.1, -0.05) is 38.3 Å². The number of carbonyl (C=O) groups excluding carboxylic acids is 1. The maximum atomic E-state index is 14.4. The predicted molar refractivity (Wildman–Crippen MR) is 123 cm³/mol. The highest BCUT2D eigenvalue weighted by Crippen LogP contribution is 2.35. The van der Waals surface area contributed by atoms with Crippen molar-refractivity contribution in [3.8, 4) is 0 Å². The van der Waals surface area contributed by atoms with Crippen LogP contribution in [0.25, 0.3) is 11.0 Å². The van der Waals surface area contributed by atoms with Crippen LogP contribution in [0.5, 0.6) is 0 Å². The van der Waals surface area contributed by atoms with Gasteiger partial charge in [-0.05, 0) is 61.6 Å². The highest BCUT2D eigenvalue weighted by molar-refractivity contribution is 6.31. The van der Waals surface area contributed by atoms with Gasteiger partial charge in [-0.15, -0.1) is 0 Å². The van der Waals surface area contributed by atoms with Gasteiger partial charge in [0.2, 0.25) is 0 Å². The summed E-state index contributed by atoms with van der Waals surface area (Å²) in [5, 5.41) is 0.637. The number of carbonyl (C=O) groups is 1. The summed E-state index contributed by atoms with van der Waals surface area (Å²) < 4.78 is 30.4. The van der Waals surface area contributed by atoms with E-state index < -0.39 is 17.5 Å². The zero-order valence-corrected chi connectivity index (χ0v) is 19.2. The summed E-state index contributed by atoms with van der Waals surface area (Å²) in [4.78, 5) is 19.7. The van der Waals surface area contributed by atoms with E-state index in [2.05, 4.69) is 18.4 Å². The molecule has 0 N–H and O–H groups in total. The average molecular weight is 460 g/mol. The van der Waals surface area contributed by atoms with E-state index in [0.29, 0.717) is 23.5 Å². The zero-order chi connectivity index (χ0) is 22.8. The maximum absolute atomic E-state index is 14.4. The van der Waals surface area contributed by atoms with Crippen molar-refractivity contribution in [2.45, 2.75) is 58.5 Å². The third-order valence-corrected chi connectivity index (χ3v) is 6.40. The van der Waals surface area contributed by atoms with Crippen LogP contribution < -0.4 is 0 Å². The Morgan fingerprint density at radius 2 is 1.94 bits per heavy atom. The maximum Gasteiger partial charge on any atom is 0.257 e. The van der Waals surface area contributed by atoms with Gasteiger partial charge >= 0.3 is 0 Å². The molecule has 0 aliphatic heterocycles. The number of hydrogen-bond donors (Lipinski definition) is 0. The van der Waals surface area contributed by atoms with Crippen LogP contribution in [-0.2, 0) is 6.54 Å². The minimum absolute atomic E-state index is 0.226. The number of imidazole rings is 1. The summed E-state index contributed by atoms with van der Waals surface area (Å²) in [6, 6.07) is 8.90. The first kappa shape index (κ1) is 22.7. The van der Waals surface area contributed by atoms with Crippen molar-refractivity contribution in [2.75, 3.05) is 6.54 Å². The predicted octanol–water partition coefficient (Wildman–Crippen LogP) is 6.77. The summed E-state index contributed by atoms with van der Waals surface area (Å²) in [7, 11) is 0. The molecule has 1 heterocycles. The molecular formula is C25H28ClF2N3O. The van der Waals surface area contributed by atoms with E-state index in [-0.39, 0.29) is 12.1 Å². The number of amides is 1. The summed E-state index contributed by atoms with van der Waals surface area (Å²) in [6.45, 7) is 4.80. The molecule has 0 unspecified atom stereocenters. The fourth-order valence-corrected chi connectivity index (χ4v) is 4.63. The van der Waals surface area contributed by atoms with Gasteiger partial charge in [-0.3, -0.25) is 4.79 Å². The van der Waals surface area contributed by atoms with Crippen LogP contribution in [0.15, 0.2) is 36.4 Å². The molecule has 0 atom stereocenters. The topological polar surface area (TPSA) is 38.1 Å². The quantitative estimate of drug-likeness (QED) is 0.391. The van der Waals surface area contributed by atoms with Crippen molar-refractivity contribution in [3.05, 3.63) is 64.4 Å². The molecule has 0 radical (unpaired) electrons. The van der Waals surface area contributed by atoms with Gasteiger partial charge in [0.1, 0.15) is 17.5 Å². The molecule has 2 aromatic carbocycles. The van der Waals surface area contributed by atoms with Gasteiger partial charge in [0.25, 0.3) is 5.91 Å². The average Bonchev–Trinajstić information content (AvgIpc) is 3.39. The normalized spacial score (nSPS) is 14.6. The molecule has 1 aliphatic carbocycles. The minimum Gasteiger partial charge on any atom is -0.331 e. The van der Waals surface area contributed by atoms with Gasteiger partial charge in [-0.2, -0.15) is 0 Å². The summed E-state index contributed by atoms with van der Waals surface area (Å²) in [5.74, 6) is -0.766. The first-order chi connectivity index (χ1) is 15.3. The smallest absolute Gasteiger partial charge is 0.257 e. The fourth-order valence-electron chi connectivity index (χ4n) is 4.47. The monoisotopic (exact) mass is 459 g/mol. The van der Waals surface area contributed by atoms with Gasteiger partial charge in [0.15, 0.2) is 0 Å². The lowest BCUT2D eigenvalue weighted by atomic mass is 10.1. The van der Waals surface area contributed by atoms with Crippen LogP contribution in [0.3, 0.4) is 0 Å². The van der Waals surface area contributed by atoms with E-state index in [4.69, 9.17) is 16.6 Å². The standard InChI is InChI=1S/C25H28ClF2N3O/c1-16(2)11-12-30(25(32)20-14-18(27)8-9-21(20)28)15-24-29-22-10-7-17(26)13-23(22)31(24)19-5-3-4-6-19/h7-10,13-14,16,19H,3-6,11-12,15H2,1-2H3. The van der Waals surface area contributed by atoms with Crippen LogP contribution in [-0.4, -0.2) is 26.9 Å². The van der Waals surface area contributed by atoms with E-state index in [1.165, 1.54) is 0 Å². The first-order valence-electron chi connectivity index (χ1n) is 11.2. The highest BCUT2D eigenvalue weighted by Gasteiger charge is 2.27. The SMILES string of the molecule is CC(C)CCN(Cc1nc2ccc(Cl)cc2n1C1CCCC1)C(=O)c1cc(F)ccc1F. The number of halogens is 3. The Morgan fingerprint density at radius 1 is 1.19 bits per heavy atom. The third kappa shape index (κ3) is 4.80. The Labute approximate surface area is 192 Å². The molecule has 0 saturated heterocycles. The van der Waals surface area contributed by atoms with E-state index in [9.17, 15) is 13.6 Å². The van der Waals surface area contributed by atoms with Crippen LogP contribution in [0, 0.1) is 17.6 Å². The Hall–Kier alpha value is -2.47. The number of fused-ring (bicyclic) bond motifs is 1. The minimum atomic E-state index is -0.720. The van der Waals surface area contributed by atoms with Crippen molar-refractivity contribution < 1.29 is 13.6 Å². The molecule has 4 nitrogen and oxygen atoms in total. The molecular weight excluding hydrogens is 432 g/mol. The molecule has 1 aliphatic rings. The van der Waals surface area contributed by atoms with Crippen LogP contribution in [0.4, 0.5) is 8.78 Å². The number of benzene rings is 2. The number of rotatable bonds is 7. The highest BCUT2D eigenvalue weighted by atomic mass is 35.5. The number of aromatic nitrogens is 2. The molecule has 1 amide bonds. The van der Waals surface area contributed by atoms with E-state index in [1.807, 2.05) is 18.2 Å². The van der Waals surface area contributed by atoms with Crippen molar-refractivity contribution in [3.63, 3.8) is 0 Å².